The Morgan fingerprint density at radius 1 is 1.09 bits per heavy atom. The zero-order chi connectivity index (χ0) is 16.5. The molecule has 23 heavy (non-hydrogen) atoms. The Morgan fingerprint density at radius 2 is 1.87 bits per heavy atom. The number of benzene rings is 1. The summed E-state index contributed by atoms with van der Waals surface area (Å²) in [6.45, 7) is 2.62. The lowest BCUT2D eigenvalue weighted by Gasteiger charge is -2.09. The Hall–Kier alpha value is -2.56. The predicted molar refractivity (Wildman–Crippen MR) is 87.6 cm³/mol. The van der Waals surface area contributed by atoms with Crippen LogP contribution in [0.4, 0.5) is 0 Å². The molecule has 0 atom stereocenters. The molecule has 2 aromatic rings. The first-order valence-electron chi connectivity index (χ1n) is 7.72. The van der Waals surface area contributed by atoms with E-state index in [1.54, 1.807) is 18.3 Å². The second-order valence-electron chi connectivity index (χ2n) is 5.11. The van der Waals surface area contributed by atoms with E-state index in [0.717, 1.165) is 12.0 Å². The van der Waals surface area contributed by atoms with E-state index in [-0.39, 0.29) is 17.9 Å². The number of esters is 1. The number of nitrogens with zero attached hydrogens (tertiary/aromatic N) is 1. The van der Waals surface area contributed by atoms with E-state index in [9.17, 15) is 9.59 Å². The Bertz CT molecular complexity index is 679. The number of rotatable bonds is 8. The van der Waals surface area contributed by atoms with Gasteiger partial charge < -0.3 is 14.0 Å². The summed E-state index contributed by atoms with van der Waals surface area (Å²) in [6, 6.07) is 13.1. The first kappa shape index (κ1) is 16.8. The van der Waals surface area contributed by atoms with Crippen molar-refractivity contribution < 1.29 is 14.3 Å². The first-order valence-corrected chi connectivity index (χ1v) is 7.72. The molecule has 0 aliphatic rings. The SMILES string of the molecule is CCCOc1cccn(CC(=O)OCCc2ccccc2)c1=O. The van der Waals surface area contributed by atoms with Crippen LogP contribution in [-0.2, 0) is 22.5 Å². The molecule has 0 bridgehead atoms. The third-order valence-electron chi connectivity index (χ3n) is 3.24. The number of aromatic nitrogens is 1. The maximum absolute atomic E-state index is 12.1. The smallest absolute Gasteiger partial charge is 0.326 e. The normalized spacial score (nSPS) is 10.3. The molecule has 5 heteroatoms. The largest absolute Gasteiger partial charge is 0.488 e. The highest BCUT2D eigenvalue weighted by atomic mass is 16.5. The van der Waals surface area contributed by atoms with Crippen molar-refractivity contribution in [3.05, 3.63) is 64.6 Å². The fourth-order valence-corrected chi connectivity index (χ4v) is 2.07. The zero-order valence-electron chi connectivity index (χ0n) is 13.2. The van der Waals surface area contributed by atoms with Crippen molar-refractivity contribution in [2.45, 2.75) is 26.3 Å². The second kappa shape index (κ2) is 8.78. The summed E-state index contributed by atoms with van der Waals surface area (Å²) in [4.78, 5) is 24.0. The Morgan fingerprint density at radius 3 is 2.61 bits per heavy atom. The van der Waals surface area contributed by atoms with Gasteiger partial charge in [0.15, 0.2) is 5.75 Å². The molecular weight excluding hydrogens is 294 g/mol. The lowest BCUT2D eigenvalue weighted by atomic mass is 10.2. The van der Waals surface area contributed by atoms with Crippen LogP contribution in [0.25, 0.3) is 0 Å². The Labute approximate surface area is 135 Å². The molecule has 1 aromatic carbocycles. The van der Waals surface area contributed by atoms with Gasteiger partial charge in [0.25, 0.3) is 5.56 Å². The van der Waals surface area contributed by atoms with Crippen LogP contribution in [0.2, 0.25) is 0 Å². The van der Waals surface area contributed by atoms with Crippen molar-refractivity contribution in [2.24, 2.45) is 0 Å². The monoisotopic (exact) mass is 315 g/mol. The van der Waals surface area contributed by atoms with Gasteiger partial charge >= 0.3 is 5.97 Å². The lowest BCUT2D eigenvalue weighted by molar-refractivity contribution is -0.144. The molecule has 0 aliphatic heterocycles. The molecule has 0 fully saturated rings. The number of carbonyl (C=O) groups excluding carboxylic acids is 1. The maximum atomic E-state index is 12.1. The van der Waals surface area contributed by atoms with Gasteiger partial charge in [-0.15, -0.1) is 0 Å². The molecule has 0 unspecified atom stereocenters. The van der Waals surface area contributed by atoms with Gasteiger partial charge in [-0.2, -0.15) is 0 Å². The molecule has 5 nitrogen and oxygen atoms in total. The number of hydrogen-bond acceptors (Lipinski definition) is 4. The van der Waals surface area contributed by atoms with E-state index in [1.807, 2.05) is 37.3 Å². The predicted octanol–water partition coefficient (Wildman–Crippen LogP) is 2.42. The number of carbonyl (C=O) groups is 1. The van der Waals surface area contributed by atoms with E-state index in [2.05, 4.69) is 0 Å². The molecule has 0 saturated heterocycles. The molecule has 0 saturated carbocycles. The van der Waals surface area contributed by atoms with E-state index < -0.39 is 5.97 Å². The third kappa shape index (κ3) is 5.29. The van der Waals surface area contributed by atoms with Gasteiger partial charge in [-0.3, -0.25) is 9.59 Å². The molecule has 0 amide bonds. The molecule has 0 N–H and O–H groups in total. The van der Waals surface area contributed by atoms with Crippen LogP contribution in [0.1, 0.15) is 18.9 Å². The van der Waals surface area contributed by atoms with Crippen molar-refractivity contribution in [2.75, 3.05) is 13.2 Å². The van der Waals surface area contributed by atoms with Gasteiger partial charge in [-0.05, 0) is 24.1 Å². The molecule has 0 aliphatic carbocycles. The third-order valence-corrected chi connectivity index (χ3v) is 3.24. The van der Waals surface area contributed by atoms with E-state index in [4.69, 9.17) is 9.47 Å². The van der Waals surface area contributed by atoms with E-state index >= 15 is 0 Å². The van der Waals surface area contributed by atoms with Crippen LogP contribution in [0.15, 0.2) is 53.5 Å². The molecule has 2 rings (SSSR count). The van der Waals surface area contributed by atoms with Crippen molar-refractivity contribution in [1.29, 1.82) is 0 Å². The van der Waals surface area contributed by atoms with Crippen LogP contribution in [0.5, 0.6) is 5.75 Å². The average Bonchev–Trinajstić information content (AvgIpc) is 2.57. The highest BCUT2D eigenvalue weighted by Crippen LogP contribution is 2.03. The van der Waals surface area contributed by atoms with E-state index in [1.165, 1.54) is 4.57 Å². The molecular formula is C18H21NO4. The minimum absolute atomic E-state index is 0.114. The van der Waals surface area contributed by atoms with Gasteiger partial charge in [-0.1, -0.05) is 37.3 Å². The fourth-order valence-electron chi connectivity index (χ4n) is 2.07. The van der Waals surface area contributed by atoms with Crippen LogP contribution in [-0.4, -0.2) is 23.8 Å². The second-order valence-corrected chi connectivity index (χ2v) is 5.11. The maximum Gasteiger partial charge on any atom is 0.326 e. The van der Waals surface area contributed by atoms with Crippen molar-refractivity contribution >= 4 is 5.97 Å². The molecule has 0 radical (unpaired) electrons. The standard InChI is InChI=1S/C18H21NO4/c1-2-12-22-16-9-6-11-19(18(16)21)14-17(20)23-13-10-15-7-4-3-5-8-15/h3-9,11H,2,10,12-14H2,1H3. The summed E-state index contributed by atoms with van der Waals surface area (Å²) in [5.74, 6) is -0.179. The lowest BCUT2D eigenvalue weighted by Crippen LogP contribution is -2.26. The van der Waals surface area contributed by atoms with E-state index in [0.29, 0.717) is 19.6 Å². The molecule has 122 valence electrons. The Kier molecular flexibility index (Phi) is 6.41. The zero-order valence-corrected chi connectivity index (χ0v) is 13.2. The first-order chi connectivity index (χ1) is 11.2. The number of pyridine rings is 1. The highest BCUT2D eigenvalue weighted by Gasteiger charge is 2.09. The van der Waals surface area contributed by atoms with Crippen LogP contribution in [0, 0.1) is 0 Å². The summed E-state index contributed by atoms with van der Waals surface area (Å²) in [5.41, 5.74) is 0.786. The number of hydrogen-bond donors (Lipinski definition) is 0. The van der Waals surface area contributed by atoms with Gasteiger partial charge in [-0.25, -0.2) is 0 Å². The fraction of sp³-hybridized carbons (Fsp3) is 0.333. The summed E-state index contributed by atoms with van der Waals surface area (Å²) >= 11 is 0. The van der Waals surface area contributed by atoms with Crippen LogP contribution in [0.3, 0.4) is 0 Å². The van der Waals surface area contributed by atoms with Crippen molar-refractivity contribution in [3.8, 4) is 5.75 Å². The van der Waals surface area contributed by atoms with Gasteiger partial charge in [0.05, 0.1) is 13.2 Å². The van der Waals surface area contributed by atoms with Crippen LogP contribution < -0.4 is 10.3 Å². The van der Waals surface area contributed by atoms with Gasteiger partial charge in [0, 0.05) is 12.6 Å². The summed E-state index contributed by atoms with van der Waals surface area (Å²) in [6.07, 6.45) is 3.02. The summed E-state index contributed by atoms with van der Waals surface area (Å²) in [5, 5.41) is 0. The topological polar surface area (TPSA) is 57.5 Å². The Balaban J connectivity index is 1.86. The summed E-state index contributed by atoms with van der Waals surface area (Å²) < 4.78 is 11.8. The van der Waals surface area contributed by atoms with Gasteiger partial charge in [0.1, 0.15) is 6.54 Å². The minimum Gasteiger partial charge on any atom is -0.488 e. The minimum atomic E-state index is -0.435. The molecule has 1 aromatic heterocycles. The van der Waals surface area contributed by atoms with Gasteiger partial charge in [0.2, 0.25) is 0 Å². The number of ether oxygens (including phenoxy) is 2. The summed E-state index contributed by atoms with van der Waals surface area (Å²) in [7, 11) is 0. The quantitative estimate of drug-likeness (QED) is 0.702. The molecule has 0 spiro atoms. The highest BCUT2D eigenvalue weighted by molar-refractivity contribution is 5.69. The molecule has 1 heterocycles. The van der Waals surface area contributed by atoms with Crippen molar-refractivity contribution in [1.82, 2.24) is 4.57 Å². The van der Waals surface area contributed by atoms with Crippen molar-refractivity contribution in [3.63, 3.8) is 0 Å². The average molecular weight is 315 g/mol. The van der Waals surface area contributed by atoms with Crippen LogP contribution >= 0.6 is 0 Å².